The minimum Gasteiger partial charge on any atom is -0.341 e. The van der Waals surface area contributed by atoms with Crippen molar-refractivity contribution in [1.82, 2.24) is 14.9 Å². The van der Waals surface area contributed by atoms with Crippen molar-refractivity contribution in [3.63, 3.8) is 0 Å². The standard InChI is InChI=1S/C19H23N3/c1-14(2)22(13-16-9-5-4-6-10-16)15(3)19-20-17-11-7-8-12-18(17)21-19/h4-12,14-15H,13H2,1-3H3,(H,20,21). The first-order chi connectivity index (χ1) is 10.6. The molecule has 0 saturated carbocycles. The molecule has 114 valence electrons. The third-order valence-electron chi connectivity index (χ3n) is 4.17. The molecule has 1 atom stereocenters. The van der Waals surface area contributed by atoms with E-state index in [0.29, 0.717) is 6.04 Å². The van der Waals surface area contributed by atoms with Gasteiger partial charge in [0.2, 0.25) is 0 Å². The van der Waals surface area contributed by atoms with Crippen molar-refractivity contribution < 1.29 is 0 Å². The molecule has 22 heavy (non-hydrogen) atoms. The smallest absolute Gasteiger partial charge is 0.124 e. The summed E-state index contributed by atoms with van der Waals surface area (Å²) in [4.78, 5) is 10.7. The van der Waals surface area contributed by atoms with E-state index in [4.69, 9.17) is 4.98 Å². The largest absolute Gasteiger partial charge is 0.341 e. The average molecular weight is 293 g/mol. The van der Waals surface area contributed by atoms with E-state index in [1.807, 2.05) is 12.1 Å². The number of aromatic nitrogens is 2. The van der Waals surface area contributed by atoms with Crippen LogP contribution in [-0.2, 0) is 6.54 Å². The first-order valence-corrected chi connectivity index (χ1v) is 7.89. The van der Waals surface area contributed by atoms with Crippen LogP contribution in [0.15, 0.2) is 54.6 Å². The lowest BCUT2D eigenvalue weighted by Gasteiger charge is -2.31. The molecular weight excluding hydrogens is 270 g/mol. The zero-order valence-corrected chi connectivity index (χ0v) is 13.5. The van der Waals surface area contributed by atoms with Gasteiger partial charge in [-0.05, 0) is 38.5 Å². The topological polar surface area (TPSA) is 31.9 Å². The fourth-order valence-corrected chi connectivity index (χ4v) is 2.89. The number of rotatable bonds is 5. The van der Waals surface area contributed by atoms with Gasteiger partial charge in [0.1, 0.15) is 5.82 Å². The quantitative estimate of drug-likeness (QED) is 0.749. The molecule has 1 aromatic heterocycles. The average Bonchev–Trinajstić information content (AvgIpc) is 2.97. The molecule has 1 heterocycles. The number of para-hydroxylation sites is 2. The van der Waals surface area contributed by atoms with Crippen LogP contribution in [0.2, 0.25) is 0 Å². The normalized spacial score (nSPS) is 13.1. The second-order valence-electron chi connectivity index (χ2n) is 6.07. The minimum absolute atomic E-state index is 0.243. The van der Waals surface area contributed by atoms with E-state index in [0.717, 1.165) is 23.4 Å². The van der Waals surface area contributed by atoms with E-state index >= 15 is 0 Å². The summed E-state index contributed by atoms with van der Waals surface area (Å²) in [6.45, 7) is 7.63. The molecule has 3 aromatic rings. The van der Waals surface area contributed by atoms with Gasteiger partial charge in [-0.3, -0.25) is 4.90 Å². The monoisotopic (exact) mass is 293 g/mol. The second-order valence-corrected chi connectivity index (χ2v) is 6.07. The van der Waals surface area contributed by atoms with E-state index < -0.39 is 0 Å². The number of benzene rings is 2. The van der Waals surface area contributed by atoms with E-state index in [2.05, 4.69) is 73.1 Å². The first kappa shape index (κ1) is 14.8. The summed E-state index contributed by atoms with van der Waals surface area (Å²) >= 11 is 0. The molecule has 1 N–H and O–H groups in total. The SMILES string of the molecule is CC(C)N(Cc1ccccc1)C(C)c1nc2ccccc2[nH]1. The molecule has 0 saturated heterocycles. The van der Waals surface area contributed by atoms with Gasteiger partial charge in [0.15, 0.2) is 0 Å². The van der Waals surface area contributed by atoms with E-state index in [9.17, 15) is 0 Å². The summed E-state index contributed by atoms with van der Waals surface area (Å²) in [6, 6.07) is 19.5. The maximum atomic E-state index is 4.76. The van der Waals surface area contributed by atoms with Gasteiger partial charge in [0.05, 0.1) is 17.1 Å². The van der Waals surface area contributed by atoms with Crippen molar-refractivity contribution in [2.75, 3.05) is 0 Å². The Balaban J connectivity index is 1.87. The summed E-state index contributed by atoms with van der Waals surface area (Å²) in [5.41, 5.74) is 3.47. The van der Waals surface area contributed by atoms with E-state index in [1.54, 1.807) is 0 Å². The van der Waals surface area contributed by atoms with Crippen LogP contribution in [-0.4, -0.2) is 20.9 Å². The lowest BCUT2D eigenvalue weighted by Crippen LogP contribution is -2.33. The number of hydrogen-bond donors (Lipinski definition) is 1. The molecule has 1 unspecified atom stereocenters. The summed E-state index contributed by atoms with van der Waals surface area (Å²) in [6.07, 6.45) is 0. The number of imidazole rings is 1. The van der Waals surface area contributed by atoms with Crippen LogP contribution in [0.1, 0.15) is 38.2 Å². The van der Waals surface area contributed by atoms with Crippen molar-refractivity contribution in [2.45, 2.75) is 39.4 Å². The van der Waals surface area contributed by atoms with Gasteiger partial charge < -0.3 is 4.98 Å². The Morgan fingerprint density at radius 2 is 1.64 bits per heavy atom. The second kappa shape index (κ2) is 6.32. The van der Waals surface area contributed by atoms with Crippen LogP contribution < -0.4 is 0 Å². The molecule has 0 aliphatic carbocycles. The van der Waals surface area contributed by atoms with Crippen molar-refractivity contribution >= 4 is 11.0 Å². The molecule has 3 heteroatoms. The minimum atomic E-state index is 0.243. The number of hydrogen-bond acceptors (Lipinski definition) is 2. The van der Waals surface area contributed by atoms with Crippen molar-refractivity contribution in [3.05, 3.63) is 66.0 Å². The number of H-pyrrole nitrogens is 1. The molecule has 3 rings (SSSR count). The maximum absolute atomic E-state index is 4.76. The fourth-order valence-electron chi connectivity index (χ4n) is 2.89. The molecule has 3 nitrogen and oxygen atoms in total. The number of fused-ring (bicyclic) bond motifs is 1. The summed E-state index contributed by atoms with van der Waals surface area (Å²) < 4.78 is 0. The fraction of sp³-hybridized carbons (Fsp3) is 0.316. The Bertz CT molecular complexity index is 698. The zero-order chi connectivity index (χ0) is 15.5. The summed E-state index contributed by atoms with van der Waals surface area (Å²) in [7, 11) is 0. The summed E-state index contributed by atoms with van der Waals surface area (Å²) in [5, 5.41) is 0. The molecule has 0 aliphatic rings. The van der Waals surface area contributed by atoms with Crippen LogP contribution in [0.25, 0.3) is 11.0 Å². The van der Waals surface area contributed by atoms with Crippen LogP contribution in [0, 0.1) is 0 Å². The van der Waals surface area contributed by atoms with Crippen LogP contribution in [0.3, 0.4) is 0 Å². The molecule has 0 amide bonds. The van der Waals surface area contributed by atoms with Crippen molar-refractivity contribution in [2.24, 2.45) is 0 Å². The highest BCUT2D eigenvalue weighted by Gasteiger charge is 2.21. The Morgan fingerprint density at radius 3 is 2.32 bits per heavy atom. The van der Waals surface area contributed by atoms with Gasteiger partial charge in [-0.15, -0.1) is 0 Å². The summed E-state index contributed by atoms with van der Waals surface area (Å²) in [5.74, 6) is 1.03. The predicted molar refractivity (Wildman–Crippen MR) is 91.6 cm³/mol. The molecule has 0 aliphatic heterocycles. The predicted octanol–water partition coefficient (Wildman–Crippen LogP) is 4.53. The van der Waals surface area contributed by atoms with Crippen LogP contribution in [0.4, 0.5) is 0 Å². The molecule has 0 fully saturated rings. The highest BCUT2D eigenvalue weighted by molar-refractivity contribution is 5.74. The first-order valence-electron chi connectivity index (χ1n) is 7.89. The Labute approximate surface area is 132 Å². The lowest BCUT2D eigenvalue weighted by molar-refractivity contribution is 0.150. The van der Waals surface area contributed by atoms with Gasteiger partial charge in [0.25, 0.3) is 0 Å². The van der Waals surface area contributed by atoms with Crippen LogP contribution >= 0.6 is 0 Å². The molecule has 2 aromatic carbocycles. The molecule has 0 spiro atoms. The van der Waals surface area contributed by atoms with E-state index in [1.165, 1.54) is 5.56 Å². The number of nitrogens with zero attached hydrogens (tertiary/aromatic N) is 2. The molecular formula is C19H23N3. The van der Waals surface area contributed by atoms with E-state index in [-0.39, 0.29) is 6.04 Å². The molecule has 0 radical (unpaired) electrons. The van der Waals surface area contributed by atoms with Gasteiger partial charge in [0, 0.05) is 12.6 Å². The Morgan fingerprint density at radius 1 is 0.955 bits per heavy atom. The maximum Gasteiger partial charge on any atom is 0.124 e. The lowest BCUT2D eigenvalue weighted by atomic mass is 10.1. The Kier molecular flexibility index (Phi) is 4.25. The van der Waals surface area contributed by atoms with Gasteiger partial charge in [-0.2, -0.15) is 0 Å². The van der Waals surface area contributed by atoms with Crippen molar-refractivity contribution in [1.29, 1.82) is 0 Å². The zero-order valence-electron chi connectivity index (χ0n) is 13.5. The third kappa shape index (κ3) is 3.04. The van der Waals surface area contributed by atoms with Gasteiger partial charge in [-0.1, -0.05) is 42.5 Å². The van der Waals surface area contributed by atoms with Crippen LogP contribution in [0.5, 0.6) is 0 Å². The highest BCUT2D eigenvalue weighted by Crippen LogP contribution is 2.24. The van der Waals surface area contributed by atoms with Crippen molar-refractivity contribution in [3.8, 4) is 0 Å². The number of nitrogens with one attached hydrogen (secondary N) is 1. The molecule has 0 bridgehead atoms. The number of aromatic amines is 1. The highest BCUT2D eigenvalue weighted by atomic mass is 15.2. The Hall–Kier alpha value is -2.13. The van der Waals surface area contributed by atoms with Gasteiger partial charge in [-0.25, -0.2) is 4.98 Å². The third-order valence-corrected chi connectivity index (χ3v) is 4.17. The van der Waals surface area contributed by atoms with Gasteiger partial charge >= 0.3 is 0 Å².